The lowest BCUT2D eigenvalue weighted by Gasteiger charge is -2.30. The third-order valence-electron chi connectivity index (χ3n) is 8.61. The zero-order valence-corrected chi connectivity index (χ0v) is 28.9. The SMILES string of the molecule is Cc1ncc(-c2cc(C(F)(F)F)nn2CC(C)(C)NC(=O)[C@@H](Cc2cnn(C(F)F)c2)NC(=O)[C@@]2(CCCl)C[C@@H]2c2ccc(Cl)nc2C)cn1. The molecule has 1 saturated carbocycles. The minimum absolute atomic E-state index is 0.0682. The van der Waals surface area contributed by atoms with Crippen molar-refractivity contribution in [1.29, 1.82) is 0 Å². The van der Waals surface area contributed by atoms with Gasteiger partial charge >= 0.3 is 12.7 Å². The first-order valence-corrected chi connectivity index (χ1v) is 16.4. The van der Waals surface area contributed by atoms with Crippen LogP contribution in [-0.2, 0) is 28.7 Å². The number of hydrogen-bond acceptors (Lipinski definition) is 7. The largest absolute Gasteiger partial charge is 0.435 e. The number of halogens is 7. The summed E-state index contributed by atoms with van der Waals surface area (Å²) in [7, 11) is 0. The van der Waals surface area contributed by atoms with Crippen molar-refractivity contribution >= 4 is 35.0 Å². The maximum Gasteiger partial charge on any atom is 0.435 e. The van der Waals surface area contributed by atoms with Crippen molar-refractivity contribution in [3.05, 3.63) is 76.5 Å². The summed E-state index contributed by atoms with van der Waals surface area (Å²) in [5.41, 5.74) is -1.33. The van der Waals surface area contributed by atoms with E-state index in [2.05, 4.69) is 35.8 Å². The van der Waals surface area contributed by atoms with Gasteiger partial charge in [-0.1, -0.05) is 17.7 Å². The lowest BCUT2D eigenvalue weighted by Crippen LogP contribution is -2.56. The molecule has 18 heteroatoms. The van der Waals surface area contributed by atoms with Crippen molar-refractivity contribution in [2.24, 2.45) is 5.41 Å². The molecule has 268 valence electrons. The summed E-state index contributed by atoms with van der Waals surface area (Å²) >= 11 is 12.2. The van der Waals surface area contributed by atoms with Crippen LogP contribution in [0, 0.1) is 19.3 Å². The van der Waals surface area contributed by atoms with E-state index in [9.17, 15) is 31.5 Å². The molecule has 1 aliphatic rings. The minimum atomic E-state index is -4.75. The first-order chi connectivity index (χ1) is 23.4. The molecule has 0 spiro atoms. The van der Waals surface area contributed by atoms with E-state index in [-0.39, 0.29) is 48.0 Å². The Labute approximate surface area is 294 Å². The van der Waals surface area contributed by atoms with Crippen LogP contribution in [0.4, 0.5) is 22.0 Å². The number of carbonyl (C=O) groups excluding carboxylic acids is 2. The summed E-state index contributed by atoms with van der Waals surface area (Å²) < 4.78 is 69.4. The summed E-state index contributed by atoms with van der Waals surface area (Å²) in [6, 6.07) is 3.00. The summed E-state index contributed by atoms with van der Waals surface area (Å²) in [6.45, 7) is 3.39. The molecule has 0 bridgehead atoms. The number of aromatic nitrogens is 7. The number of rotatable bonds is 13. The monoisotopic (exact) mass is 741 g/mol. The predicted molar refractivity (Wildman–Crippen MR) is 173 cm³/mol. The Balaban J connectivity index is 1.41. The van der Waals surface area contributed by atoms with Crippen LogP contribution in [0.1, 0.15) is 67.5 Å². The molecule has 4 aromatic rings. The van der Waals surface area contributed by atoms with Crippen LogP contribution in [0.25, 0.3) is 11.3 Å². The van der Waals surface area contributed by atoms with E-state index in [1.807, 2.05) is 0 Å². The van der Waals surface area contributed by atoms with Gasteiger partial charge in [0.2, 0.25) is 11.8 Å². The molecule has 0 radical (unpaired) electrons. The summed E-state index contributed by atoms with van der Waals surface area (Å²) in [5, 5.41) is 13.3. The molecular formula is C32H34Cl2F5N9O2. The average molecular weight is 743 g/mol. The Morgan fingerprint density at radius 3 is 2.42 bits per heavy atom. The highest BCUT2D eigenvalue weighted by Crippen LogP contribution is 2.62. The van der Waals surface area contributed by atoms with Gasteiger partial charge in [-0.15, -0.1) is 11.6 Å². The quantitative estimate of drug-likeness (QED) is 0.0970. The molecule has 1 fully saturated rings. The molecule has 0 saturated heterocycles. The summed E-state index contributed by atoms with van der Waals surface area (Å²) in [5.74, 6) is -0.882. The molecule has 2 N–H and O–H groups in total. The molecule has 0 unspecified atom stereocenters. The zero-order valence-electron chi connectivity index (χ0n) is 27.4. The average Bonchev–Trinajstić information content (AvgIpc) is 3.32. The molecule has 2 amide bonds. The van der Waals surface area contributed by atoms with Gasteiger partial charge in [-0.2, -0.15) is 32.1 Å². The zero-order chi connectivity index (χ0) is 36.6. The van der Waals surface area contributed by atoms with Crippen LogP contribution in [0.2, 0.25) is 5.15 Å². The second kappa shape index (κ2) is 14.2. The molecule has 4 aromatic heterocycles. The molecule has 4 heterocycles. The Bertz CT molecular complexity index is 1860. The van der Waals surface area contributed by atoms with E-state index in [0.717, 1.165) is 22.5 Å². The number of pyridine rings is 1. The second-order valence-electron chi connectivity index (χ2n) is 13.0. The third kappa shape index (κ3) is 8.23. The van der Waals surface area contributed by atoms with Gasteiger partial charge in [-0.3, -0.25) is 14.3 Å². The standard InChI is InChI=1S/C32H34Cl2F5N9O2/c1-17-21(5-6-26(34)43-17)22-11-31(22,7-8-33)28(50)44-23(9-19-12-42-47(15-19)29(35)36)27(49)45-30(3,4)16-48-24(10-25(46-48)32(37,38)39)20-13-40-18(2)41-14-20/h5-6,10,12-15,22-23,29H,7-9,11,16H2,1-4H3,(H,44,50)(H,45,49)/t22-,23-,31+/m1/s1. The normalized spacial score (nSPS) is 18.3. The van der Waals surface area contributed by atoms with E-state index < -0.39 is 47.2 Å². The fourth-order valence-electron chi connectivity index (χ4n) is 6.04. The number of nitrogens with one attached hydrogen (secondary N) is 2. The highest BCUT2D eigenvalue weighted by atomic mass is 35.5. The first kappa shape index (κ1) is 37.1. The van der Waals surface area contributed by atoms with Crippen LogP contribution in [-0.4, -0.2) is 63.8 Å². The molecule has 0 aliphatic heterocycles. The molecule has 1 aliphatic carbocycles. The van der Waals surface area contributed by atoms with E-state index in [1.165, 1.54) is 18.6 Å². The van der Waals surface area contributed by atoms with E-state index in [1.54, 1.807) is 39.8 Å². The van der Waals surface area contributed by atoms with E-state index >= 15 is 0 Å². The number of nitrogens with zero attached hydrogens (tertiary/aromatic N) is 7. The van der Waals surface area contributed by atoms with Gasteiger partial charge in [0.25, 0.3) is 0 Å². The minimum Gasteiger partial charge on any atom is -0.348 e. The van der Waals surface area contributed by atoms with Crippen molar-refractivity contribution < 1.29 is 31.5 Å². The number of alkyl halides is 6. The van der Waals surface area contributed by atoms with Crippen molar-refractivity contribution in [3.63, 3.8) is 0 Å². The van der Waals surface area contributed by atoms with Gasteiger partial charge in [0.05, 0.1) is 29.4 Å². The predicted octanol–water partition coefficient (Wildman–Crippen LogP) is 6.04. The van der Waals surface area contributed by atoms with Crippen molar-refractivity contribution in [1.82, 2.24) is 45.1 Å². The molecule has 3 atom stereocenters. The van der Waals surface area contributed by atoms with Crippen LogP contribution in [0.5, 0.6) is 0 Å². The molecular weight excluding hydrogens is 708 g/mol. The maximum absolute atomic E-state index is 14.0. The lowest BCUT2D eigenvalue weighted by atomic mass is 9.93. The highest BCUT2D eigenvalue weighted by molar-refractivity contribution is 6.29. The smallest absolute Gasteiger partial charge is 0.348 e. The summed E-state index contributed by atoms with van der Waals surface area (Å²) in [4.78, 5) is 40.4. The van der Waals surface area contributed by atoms with Gasteiger partial charge in [-0.05, 0) is 63.8 Å². The number of aryl methyl sites for hydroxylation is 2. The highest BCUT2D eigenvalue weighted by Gasteiger charge is 2.60. The van der Waals surface area contributed by atoms with Crippen molar-refractivity contribution in [2.75, 3.05) is 5.88 Å². The van der Waals surface area contributed by atoms with E-state index in [4.69, 9.17) is 23.2 Å². The van der Waals surface area contributed by atoms with Crippen LogP contribution < -0.4 is 10.6 Å². The van der Waals surface area contributed by atoms with E-state index in [0.29, 0.717) is 27.8 Å². The van der Waals surface area contributed by atoms with Gasteiger partial charge in [0.1, 0.15) is 17.0 Å². The van der Waals surface area contributed by atoms with Crippen molar-refractivity contribution in [3.8, 4) is 11.3 Å². The number of hydrogen-bond donors (Lipinski definition) is 2. The number of carbonyl (C=O) groups is 2. The molecule has 0 aromatic carbocycles. The summed E-state index contributed by atoms with van der Waals surface area (Å²) in [6.07, 6.45) is 0.712. The maximum atomic E-state index is 14.0. The Hall–Kier alpha value is -4.18. The van der Waals surface area contributed by atoms with Gasteiger partial charge in [-0.25, -0.2) is 19.6 Å². The topological polar surface area (TPSA) is 133 Å². The number of amides is 2. The lowest BCUT2D eigenvalue weighted by molar-refractivity contribution is -0.141. The molecule has 5 rings (SSSR count). The van der Waals surface area contributed by atoms with Crippen LogP contribution >= 0.6 is 23.2 Å². The van der Waals surface area contributed by atoms with Gasteiger partial charge < -0.3 is 10.6 Å². The Morgan fingerprint density at radius 2 is 1.82 bits per heavy atom. The third-order valence-corrected chi connectivity index (χ3v) is 9.01. The van der Waals surface area contributed by atoms with Crippen LogP contribution in [0.15, 0.2) is 43.0 Å². The Kier molecular flexibility index (Phi) is 10.5. The van der Waals surface area contributed by atoms with Crippen LogP contribution in [0.3, 0.4) is 0 Å². The van der Waals surface area contributed by atoms with Gasteiger partial charge in [0.15, 0.2) is 5.69 Å². The fourth-order valence-corrected chi connectivity index (χ4v) is 6.56. The Morgan fingerprint density at radius 1 is 1.12 bits per heavy atom. The van der Waals surface area contributed by atoms with Crippen molar-refractivity contribution in [2.45, 2.75) is 83.7 Å². The fraction of sp³-hybridized carbons (Fsp3) is 0.469. The first-order valence-electron chi connectivity index (χ1n) is 15.5. The molecule has 11 nitrogen and oxygen atoms in total. The second-order valence-corrected chi connectivity index (χ2v) is 13.7. The molecule has 50 heavy (non-hydrogen) atoms. The van der Waals surface area contributed by atoms with Gasteiger partial charge in [0, 0.05) is 48.1 Å².